The molecule has 0 radical (unpaired) electrons. The van der Waals surface area contributed by atoms with Gasteiger partial charge in [-0.05, 0) is 30.5 Å². The van der Waals surface area contributed by atoms with Crippen molar-refractivity contribution >= 4 is 12.4 Å². The number of hydrogen-bond donors (Lipinski definition) is 1. The molecule has 0 aromatic heterocycles. The SMILES string of the molecule is CC1CN(CCc2ccc3c(c2)CCO3)CCN1.Cl. The highest BCUT2D eigenvalue weighted by molar-refractivity contribution is 5.85. The summed E-state index contributed by atoms with van der Waals surface area (Å²) in [6.07, 6.45) is 2.23. The number of rotatable bonds is 3. The average molecular weight is 283 g/mol. The fourth-order valence-electron chi connectivity index (χ4n) is 2.90. The van der Waals surface area contributed by atoms with E-state index < -0.39 is 0 Å². The van der Waals surface area contributed by atoms with Crippen molar-refractivity contribution in [2.75, 3.05) is 32.8 Å². The van der Waals surface area contributed by atoms with Crippen LogP contribution in [0.15, 0.2) is 18.2 Å². The van der Waals surface area contributed by atoms with Crippen molar-refractivity contribution in [3.05, 3.63) is 29.3 Å². The second kappa shape index (κ2) is 6.60. The first-order chi connectivity index (χ1) is 8.81. The maximum absolute atomic E-state index is 5.54. The molecule has 1 unspecified atom stereocenters. The molecule has 2 aliphatic heterocycles. The van der Waals surface area contributed by atoms with Gasteiger partial charge in [0.05, 0.1) is 6.61 Å². The minimum Gasteiger partial charge on any atom is -0.493 e. The molecule has 2 aliphatic rings. The summed E-state index contributed by atoms with van der Waals surface area (Å²) in [4.78, 5) is 2.56. The number of nitrogens with zero attached hydrogens (tertiary/aromatic N) is 1. The zero-order valence-corrected chi connectivity index (χ0v) is 12.3. The Morgan fingerprint density at radius 1 is 1.42 bits per heavy atom. The number of ether oxygens (including phenoxy) is 1. The summed E-state index contributed by atoms with van der Waals surface area (Å²) in [7, 11) is 0. The minimum atomic E-state index is 0. The zero-order valence-electron chi connectivity index (χ0n) is 11.5. The molecule has 1 saturated heterocycles. The molecule has 1 atom stereocenters. The third-order valence-corrected chi connectivity index (χ3v) is 3.92. The molecule has 0 aliphatic carbocycles. The van der Waals surface area contributed by atoms with Gasteiger partial charge in [0.15, 0.2) is 0 Å². The number of nitrogens with one attached hydrogen (secondary N) is 1. The Bertz CT molecular complexity index is 425. The van der Waals surface area contributed by atoms with Gasteiger partial charge in [0, 0.05) is 38.6 Å². The quantitative estimate of drug-likeness (QED) is 0.916. The lowest BCUT2D eigenvalue weighted by Crippen LogP contribution is -2.49. The summed E-state index contributed by atoms with van der Waals surface area (Å²) >= 11 is 0. The Labute approximate surface area is 121 Å². The van der Waals surface area contributed by atoms with E-state index in [9.17, 15) is 0 Å². The van der Waals surface area contributed by atoms with Crippen molar-refractivity contribution in [2.45, 2.75) is 25.8 Å². The molecule has 1 aromatic carbocycles. The largest absolute Gasteiger partial charge is 0.493 e. The highest BCUT2D eigenvalue weighted by atomic mass is 35.5. The fourth-order valence-corrected chi connectivity index (χ4v) is 2.90. The summed E-state index contributed by atoms with van der Waals surface area (Å²) in [5.74, 6) is 1.09. The van der Waals surface area contributed by atoms with E-state index in [1.165, 1.54) is 30.8 Å². The van der Waals surface area contributed by atoms with E-state index in [2.05, 4.69) is 35.3 Å². The molecule has 0 amide bonds. The van der Waals surface area contributed by atoms with Crippen LogP contribution in [-0.4, -0.2) is 43.7 Å². The molecular formula is C15H23ClN2O. The van der Waals surface area contributed by atoms with Crippen LogP contribution >= 0.6 is 12.4 Å². The van der Waals surface area contributed by atoms with Crippen LogP contribution in [0.3, 0.4) is 0 Å². The summed E-state index contributed by atoms with van der Waals surface area (Å²) in [6, 6.07) is 7.31. The number of halogens is 1. The predicted octanol–water partition coefficient (Wildman–Crippen LogP) is 1.88. The molecule has 0 spiro atoms. The number of hydrogen-bond acceptors (Lipinski definition) is 3. The predicted molar refractivity (Wildman–Crippen MR) is 80.5 cm³/mol. The van der Waals surface area contributed by atoms with Crippen LogP contribution in [-0.2, 0) is 12.8 Å². The molecule has 3 rings (SSSR count). The van der Waals surface area contributed by atoms with Crippen LogP contribution < -0.4 is 10.1 Å². The van der Waals surface area contributed by atoms with Gasteiger partial charge >= 0.3 is 0 Å². The van der Waals surface area contributed by atoms with Crippen LogP contribution in [0.1, 0.15) is 18.1 Å². The van der Waals surface area contributed by atoms with Crippen LogP contribution in [0.4, 0.5) is 0 Å². The second-order valence-corrected chi connectivity index (χ2v) is 5.45. The molecule has 106 valence electrons. The standard InChI is InChI=1S/C15H22N2O.ClH/c1-12-11-17(8-6-16-12)7-4-13-2-3-15-14(10-13)5-9-18-15;/h2-3,10,12,16H,4-9,11H2,1H3;1H. The van der Waals surface area contributed by atoms with Crippen molar-refractivity contribution in [2.24, 2.45) is 0 Å². The smallest absolute Gasteiger partial charge is 0.122 e. The van der Waals surface area contributed by atoms with E-state index in [4.69, 9.17) is 4.74 Å². The summed E-state index contributed by atoms with van der Waals surface area (Å²) in [6.45, 7) is 7.77. The van der Waals surface area contributed by atoms with E-state index in [0.717, 1.165) is 31.7 Å². The van der Waals surface area contributed by atoms with Gasteiger partial charge in [-0.1, -0.05) is 12.1 Å². The molecule has 1 aromatic rings. The average Bonchev–Trinajstić information content (AvgIpc) is 2.84. The highest BCUT2D eigenvalue weighted by Gasteiger charge is 2.16. The Morgan fingerprint density at radius 3 is 3.16 bits per heavy atom. The van der Waals surface area contributed by atoms with Crippen molar-refractivity contribution in [1.29, 1.82) is 0 Å². The Morgan fingerprint density at radius 2 is 2.32 bits per heavy atom. The monoisotopic (exact) mass is 282 g/mol. The van der Waals surface area contributed by atoms with Crippen molar-refractivity contribution < 1.29 is 4.74 Å². The van der Waals surface area contributed by atoms with E-state index in [-0.39, 0.29) is 12.4 Å². The molecule has 4 heteroatoms. The van der Waals surface area contributed by atoms with Gasteiger partial charge in [0.2, 0.25) is 0 Å². The van der Waals surface area contributed by atoms with Gasteiger partial charge in [0.25, 0.3) is 0 Å². The first-order valence-corrected chi connectivity index (χ1v) is 7.01. The van der Waals surface area contributed by atoms with E-state index in [1.54, 1.807) is 0 Å². The molecule has 1 fully saturated rings. The topological polar surface area (TPSA) is 24.5 Å². The molecule has 3 nitrogen and oxygen atoms in total. The normalized spacial score (nSPS) is 22.5. The van der Waals surface area contributed by atoms with Gasteiger partial charge < -0.3 is 15.0 Å². The van der Waals surface area contributed by atoms with Gasteiger partial charge in [0.1, 0.15) is 5.75 Å². The Balaban J connectivity index is 0.00000133. The van der Waals surface area contributed by atoms with E-state index in [0.29, 0.717) is 6.04 Å². The van der Waals surface area contributed by atoms with Crippen LogP contribution in [0, 0.1) is 0 Å². The maximum atomic E-state index is 5.54. The van der Waals surface area contributed by atoms with Gasteiger partial charge in [-0.3, -0.25) is 0 Å². The number of fused-ring (bicyclic) bond motifs is 1. The van der Waals surface area contributed by atoms with Crippen LogP contribution in [0.2, 0.25) is 0 Å². The minimum absolute atomic E-state index is 0. The first-order valence-electron chi connectivity index (χ1n) is 7.01. The molecule has 0 bridgehead atoms. The summed E-state index contributed by atoms with van der Waals surface area (Å²) < 4.78 is 5.54. The summed E-state index contributed by atoms with van der Waals surface area (Å²) in [5, 5.41) is 3.49. The lowest BCUT2D eigenvalue weighted by Gasteiger charge is -2.31. The lowest BCUT2D eigenvalue weighted by molar-refractivity contribution is 0.209. The van der Waals surface area contributed by atoms with Crippen LogP contribution in [0.5, 0.6) is 5.75 Å². The van der Waals surface area contributed by atoms with Crippen molar-refractivity contribution in [3.63, 3.8) is 0 Å². The van der Waals surface area contributed by atoms with Gasteiger partial charge in [-0.15, -0.1) is 12.4 Å². The Kier molecular flexibility index (Phi) is 5.08. The molecule has 1 N–H and O–H groups in total. The first kappa shape index (κ1) is 14.6. The Hall–Kier alpha value is -0.770. The van der Waals surface area contributed by atoms with E-state index in [1.807, 2.05) is 0 Å². The van der Waals surface area contributed by atoms with E-state index >= 15 is 0 Å². The molecular weight excluding hydrogens is 260 g/mol. The molecule has 2 heterocycles. The second-order valence-electron chi connectivity index (χ2n) is 5.45. The molecule has 19 heavy (non-hydrogen) atoms. The number of piperazine rings is 1. The lowest BCUT2D eigenvalue weighted by atomic mass is 10.1. The van der Waals surface area contributed by atoms with Gasteiger partial charge in [-0.2, -0.15) is 0 Å². The zero-order chi connectivity index (χ0) is 12.4. The fraction of sp³-hybridized carbons (Fsp3) is 0.600. The number of benzene rings is 1. The van der Waals surface area contributed by atoms with Crippen molar-refractivity contribution in [1.82, 2.24) is 10.2 Å². The molecule has 0 saturated carbocycles. The summed E-state index contributed by atoms with van der Waals surface area (Å²) in [5.41, 5.74) is 2.84. The van der Waals surface area contributed by atoms with Crippen molar-refractivity contribution in [3.8, 4) is 5.75 Å². The third-order valence-electron chi connectivity index (χ3n) is 3.92. The van der Waals surface area contributed by atoms with Gasteiger partial charge in [-0.25, -0.2) is 0 Å². The highest BCUT2D eigenvalue weighted by Crippen LogP contribution is 2.26. The van der Waals surface area contributed by atoms with Crippen LogP contribution in [0.25, 0.3) is 0 Å². The maximum Gasteiger partial charge on any atom is 0.122 e. The third kappa shape index (κ3) is 3.62.